The molecule has 0 saturated carbocycles. The Kier molecular flexibility index (Phi) is 14.7. The summed E-state index contributed by atoms with van der Waals surface area (Å²) in [6.07, 6.45) is -3.08. The van der Waals surface area contributed by atoms with E-state index in [1.807, 2.05) is 30.3 Å². The number of likely N-dealkylation sites (tertiary alicyclic amines) is 1. The quantitative estimate of drug-likeness (QED) is 0.154. The van der Waals surface area contributed by atoms with Crippen molar-refractivity contribution in [3.8, 4) is 0 Å². The van der Waals surface area contributed by atoms with Crippen LogP contribution in [0.4, 0.5) is 13.2 Å². The van der Waals surface area contributed by atoms with E-state index in [2.05, 4.69) is 26.3 Å². The maximum atomic E-state index is 13.9. The highest BCUT2D eigenvalue weighted by Crippen LogP contribution is 2.29. The number of primary amides is 1. The molecule has 0 unspecified atom stereocenters. The van der Waals surface area contributed by atoms with Gasteiger partial charge in [-0.25, -0.2) is 9.48 Å². The van der Waals surface area contributed by atoms with Crippen molar-refractivity contribution in [3.05, 3.63) is 47.8 Å². The van der Waals surface area contributed by atoms with E-state index >= 15 is 0 Å². The van der Waals surface area contributed by atoms with E-state index in [1.54, 1.807) is 34.0 Å². The number of alkyl halides is 3. The molecule has 3 rings (SSSR count). The first-order valence-electron chi connectivity index (χ1n) is 15.2. The fraction of sp³-hybridized carbons (Fsp3) is 0.533. The number of carbonyl (C=O) groups is 6. The number of amides is 4. The van der Waals surface area contributed by atoms with Gasteiger partial charge in [-0.15, -0.1) is 5.10 Å². The van der Waals surface area contributed by atoms with E-state index < -0.39 is 66.0 Å². The van der Waals surface area contributed by atoms with E-state index in [-0.39, 0.29) is 44.1 Å². The Morgan fingerprint density at radius 2 is 1.65 bits per heavy atom. The molecule has 0 radical (unpaired) electrons. The van der Waals surface area contributed by atoms with E-state index in [4.69, 9.17) is 20.7 Å². The number of nitrogens with zero attached hydrogens (tertiary/aromatic N) is 4. The summed E-state index contributed by atoms with van der Waals surface area (Å²) in [7, 11) is 1.63. The second-order valence-electron chi connectivity index (χ2n) is 11.7. The molecule has 1 aliphatic heterocycles. The number of aromatic nitrogens is 3. The van der Waals surface area contributed by atoms with Gasteiger partial charge >= 0.3 is 18.1 Å². The van der Waals surface area contributed by atoms with Crippen LogP contribution >= 0.6 is 0 Å². The van der Waals surface area contributed by atoms with Crippen LogP contribution in [0.1, 0.15) is 50.9 Å². The van der Waals surface area contributed by atoms with Crippen LogP contribution in [-0.4, -0.2) is 110 Å². The third-order valence-corrected chi connectivity index (χ3v) is 7.63. The summed E-state index contributed by atoms with van der Waals surface area (Å²) in [5, 5.41) is 32.6. The smallest absolute Gasteiger partial charge is 0.481 e. The number of halogens is 3. The number of carboxylic acid groups (broad SMARTS) is 2. The van der Waals surface area contributed by atoms with Gasteiger partial charge in [0.05, 0.1) is 24.2 Å². The van der Waals surface area contributed by atoms with Crippen molar-refractivity contribution < 1.29 is 52.2 Å². The largest absolute Gasteiger partial charge is 0.490 e. The number of aryl methyl sites for hydroxylation is 1. The summed E-state index contributed by atoms with van der Waals surface area (Å²) in [6.45, 7) is 5.34. The molecule has 270 valence electrons. The third kappa shape index (κ3) is 12.2. The number of rotatable bonds is 14. The zero-order valence-electron chi connectivity index (χ0n) is 27.3. The molecule has 49 heavy (non-hydrogen) atoms. The lowest BCUT2D eigenvalue weighted by Gasteiger charge is -2.31. The minimum absolute atomic E-state index is 0.0826. The Morgan fingerprint density at radius 1 is 1.04 bits per heavy atom. The zero-order valence-corrected chi connectivity index (χ0v) is 27.3. The van der Waals surface area contributed by atoms with Gasteiger partial charge in [0.25, 0.3) is 0 Å². The van der Waals surface area contributed by atoms with Crippen LogP contribution in [-0.2, 0) is 41.6 Å². The molecule has 1 aromatic carbocycles. The molecule has 1 fully saturated rings. The molecular weight excluding hydrogens is 657 g/mol. The highest BCUT2D eigenvalue weighted by Gasteiger charge is 2.44. The molecular formula is C30H41F3N8O8. The molecule has 7 N–H and O–H groups in total. The first-order chi connectivity index (χ1) is 22.8. The molecule has 0 spiro atoms. The molecule has 1 saturated heterocycles. The van der Waals surface area contributed by atoms with Crippen molar-refractivity contribution in [1.82, 2.24) is 35.8 Å². The lowest BCUT2D eigenvalue weighted by atomic mass is 10.0. The fourth-order valence-electron chi connectivity index (χ4n) is 4.78. The van der Waals surface area contributed by atoms with Gasteiger partial charge in [-0.05, 0) is 25.5 Å². The summed E-state index contributed by atoms with van der Waals surface area (Å²) in [6, 6.07) is 5.17. The molecule has 0 bridgehead atoms. The topological polar surface area (TPSA) is 239 Å². The van der Waals surface area contributed by atoms with Gasteiger partial charge in [-0.1, -0.05) is 49.4 Å². The number of carboxylic acids is 2. The number of hydrogen-bond donors (Lipinski definition) is 6. The van der Waals surface area contributed by atoms with Crippen molar-refractivity contribution in [3.63, 3.8) is 0 Å². The van der Waals surface area contributed by atoms with Crippen molar-refractivity contribution in [2.24, 2.45) is 11.7 Å². The van der Waals surface area contributed by atoms with Gasteiger partial charge < -0.3 is 36.8 Å². The summed E-state index contributed by atoms with van der Waals surface area (Å²) >= 11 is 0. The Balaban J connectivity index is 0.00000107. The predicted molar refractivity (Wildman–Crippen MR) is 165 cm³/mol. The molecule has 2 heterocycles. The van der Waals surface area contributed by atoms with Crippen LogP contribution in [0.2, 0.25) is 0 Å². The van der Waals surface area contributed by atoms with E-state index in [1.165, 1.54) is 9.58 Å². The zero-order chi connectivity index (χ0) is 37.1. The molecule has 1 aliphatic rings. The van der Waals surface area contributed by atoms with Crippen LogP contribution in [0.5, 0.6) is 0 Å². The van der Waals surface area contributed by atoms with Gasteiger partial charge in [0.15, 0.2) is 0 Å². The Morgan fingerprint density at radius 3 is 2.16 bits per heavy atom. The average Bonchev–Trinajstić information content (AvgIpc) is 3.69. The second kappa shape index (κ2) is 17.9. The fourth-order valence-corrected chi connectivity index (χ4v) is 4.78. The molecule has 19 heteroatoms. The summed E-state index contributed by atoms with van der Waals surface area (Å²) < 4.78 is 33.3. The van der Waals surface area contributed by atoms with E-state index in [0.717, 1.165) is 5.56 Å². The molecule has 5 atom stereocenters. The highest BCUT2D eigenvalue weighted by atomic mass is 19.4. The van der Waals surface area contributed by atoms with Gasteiger partial charge in [0.1, 0.15) is 18.1 Å². The van der Waals surface area contributed by atoms with Crippen LogP contribution in [0.3, 0.4) is 0 Å². The van der Waals surface area contributed by atoms with Crippen LogP contribution in [0, 0.1) is 5.92 Å². The minimum Gasteiger partial charge on any atom is -0.481 e. The molecule has 4 amide bonds. The van der Waals surface area contributed by atoms with Gasteiger partial charge in [-0.2, -0.15) is 13.2 Å². The number of nitrogens with two attached hydrogens (primary N) is 1. The van der Waals surface area contributed by atoms with E-state index in [9.17, 15) is 37.1 Å². The Bertz CT molecular complexity index is 1470. The Hall–Kier alpha value is -5.07. The van der Waals surface area contributed by atoms with E-state index in [0.29, 0.717) is 5.69 Å². The summed E-state index contributed by atoms with van der Waals surface area (Å²) in [5.41, 5.74) is 6.90. The molecule has 16 nitrogen and oxygen atoms in total. The Labute approximate surface area is 279 Å². The first kappa shape index (κ1) is 40.1. The number of hydrogen-bond acceptors (Lipinski definition) is 9. The molecule has 0 aliphatic carbocycles. The van der Waals surface area contributed by atoms with Crippen molar-refractivity contribution in [1.29, 1.82) is 0 Å². The monoisotopic (exact) mass is 698 g/mol. The van der Waals surface area contributed by atoms with Crippen molar-refractivity contribution in [2.45, 2.75) is 82.8 Å². The lowest BCUT2D eigenvalue weighted by Crippen LogP contribution is -2.58. The number of nitrogens with one attached hydrogen (secondary N) is 3. The SMILES string of the molecule is CN[C@@H](C)C(=O)N[C@H](C(=O)N1C[C@@H](n2cc(CCC(=O)O)nn2)C[C@H]1C(=O)N[C@@H](Cc1ccccc1)C(N)=O)C(C)C.O=C(O)C(F)(F)F. The number of likely N-dealkylation sites (N-methyl/N-ethyl adjacent to an activating group) is 1. The van der Waals surface area contributed by atoms with Gasteiger partial charge in [-0.3, -0.25) is 24.0 Å². The average molecular weight is 699 g/mol. The summed E-state index contributed by atoms with van der Waals surface area (Å²) in [5.74, 6) is -6.10. The lowest BCUT2D eigenvalue weighted by molar-refractivity contribution is -0.192. The van der Waals surface area contributed by atoms with Crippen LogP contribution < -0.4 is 21.7 Å². The third-order valence-electron chi connectivity index (χ3n) is 7.63. The number of carbonyl (C=O) groups excluding carboxylic acids is 4. The second-order valence-corrected chi connectivity index (χ2v) is 11.7. The highest BCUT2D eigenvalue weighted by molar-refractivity contribution is 5.95. The summed E-state index contributed by atoms with van der Waals surface area (Å²) in [4.78, 5) is 73.8. The maximum Gasteiger partial charge on any atom is 0.490 e. The normalized spacial score (nSPS) is 17.7. The minimum atomic E-state index is -5.08. The molecule has 2 aromatic rings. The van der Waals surface area contributed by atoms with Crippen molar-refractivity contribution in [2.75, 3.05) is 13.6 Å². The molecule has 1 aromatic heterocycles. The number of benzene rings is 1. The van der Waals surface area contributed by atoms with Crippen molar-refractivity contribution >= 4 is 35.6 Å². The van der Waals surface area contributed by atoms with Crippen LogP contribution in [0.15, 0.2) is 36.5 Å². The predicted octanol–water partition coefficient (Wildman–Crippen LogP) is 0.0321. The standard InChI is InChI=1S/C28H40N8O6.C2HF3O2/c1-16(2)24(32-26(40)17(3)30-4)28(42)35-15-20(36-14-19(33-34-36)10-11-23(37)38)13-22(35)27(41)31-21(25(29)39)12-18-8-6-5-7-9-18;3-2(4,5)1(6)7/h5-9,14,16-17,20-22,24,30H,10-13,15H2,1-4H3,(H2,29,39)(H,31,41)(H,32,40)(H,37,38);(H,6,7)/t17-,20-,21-,22-,24-;/m0./s1. The first-order valence-corrected chi connectivity index (χ1v) is 15.2. The van der Waals surface area contributed by atoms with Crippen LogP contribution in [0.25, 0.3) is 0 Å². The van der Waals surface area contributed by atoms with Gasteiger partial charge in [0.2, 0.25) is 23.6 Å². The maximum absolute atomic E-state index is 13.9. The number of aliphatic carboxylic acids is 2. The van der Waals surface area contributed by atoms with Gasteiger partial charge in [0, 0.05) is 32.0 Å².